The Bertz CT molecular complexity index is 1090. The lowest BCUT2D eigenvalue weighted by Gasteiger charge is -2.10. The predicted molar refractivity (Wildman–Crippen MR) is 115 cm³/mol. The fourth-order valence-corrected chi connectivity index (χ4v) is 4.02. The maximum Gasteiger partial charge on any atom is 0.195 e. The number of aryl methyl sites for hydroxylation is 1. The Hall–Kier alpha value is -3.06. The Balaban J connectivity index is 1.44. The van der Waals surface area contributed by atoms with Gasteiger partial charge in [0, 0.05) is 18.7 Å². The van der Waals surface area contributed by atoms with Crippen molar-refractivity contribution in [2.45, 2.75) is 24.5 Å². The molecule has 2 aromatic carbocycles. The molecule has 0 bridgehead atoms. The van der Waals surface area contributed by atoms with Gasteiger partial charge in [0.15, 0.2) is 22.5 Å². The van der Waals surface area contributed by atoms with E-state index in [9.17, 15) is 0 Å². The number of benzene rings is 2. The summed E-state index contributed by atoms with van der Waals surface area (Å²) in [5.74, 6) is 3.22. The third-order valence-corrected chi connectivity index (χ3v) is 5.53. The quantitative estimate of drug-likeness (QED) is 0.221. The van der Waals surface area contributed by atoms with Crippen LogP contribution in [0.5, 0.6) is 5.75 Å². The van der Waals surface area contributed by atoms with Gasteiger partial charge in [-0.3, -0.25) is 4.57 Å². The van der Waals surface area contributed by atoms with Gasteiger partial charge in [0.25, 0.3) is 0 Å². The van der Waals surface area contributed by atoms with Gasteiger partial charge in [-0.15, -0.1) is 16.8 Å². The monoisotopic (exact) mass is 406 g/mol. The average molecular weight is 407 g/mol. The van der Waals surface area contributed by atoms with Crippen molar-refractivity contribution in [2.75, 3.05) is 12.9 Å². The first-order valence-electron chi connectivity index (χ1n) is 9.45. The smallest absolute Gasteiger partial charge is 0.195 e. The van der Waals surface area contributed by atoms with Crippen molar-refractivity contribution in [3.8, 4) is 17.1 Å². The molecule has 0 fully saturated rings. The number of para-hydroxylation sites is 3. The third kappa shape index (κ3) is 4.19. The minimum atomic E-state index is 0.633. The molecule has 0 atom stereocenters. The predicted octanol–water partition coefficient (Wildman–Crippen LogP) is 5.01. The van der Waals surface area contributed by atoms with Gasteiger partial charge in [0.05, 0.1) is 12.7 Å². The Morgan fingerprint density at radius 1 is 1.14 bits per heavy atom. The van der Waals surface area contributed by atoms with Gasteiger partial charge in [-0.1, -0.05) is 42.1 Å². The van der Waals surface area contributed by atoms with Crippen LogP contribution in [-0.4, -0.2) is 32.6 Å². The Morgan fingerprint density at radius 3 is 2.79 bits per heavy atom. The van der Waals surface area contributed by atoms with Crippen LogP contribution in [0, 0.1) is 0 Å². The highest BCUT2D eigenvalue weighted by Crippen LogP contribution is 2.31. The molecule has 0 unspecified atom stereocenters. The fourth-order valence-electron chi connectivity index (χ4n) is 3.13. The Morgan fingerprint density at radius 2 is 1.97 bits per heavy atom. The minimum Gasteiger partial charge on any atom is -0.496 e. The third-order valence-electron chi connectivity index (χ3n) is 4.48. The van der Waals surface area contributed by atoms with Gasteiger partial charge in [-0.2, -0.15) is 0 Å². The fraction of sp³-hybridized carbons (Fsp3) is 0.227. The molecule has 2 heterocycles. The molecule has 4 aromatic rings. The van der Waals surface area contributed by atoms with Crippen LogP contribution in [0.3, 0.4) is 0 Å². The number of allylic oxidation sites excluding steroid dienone is 1. The second kappa shape index (κ2) is 8.96. The summed E-state index contributed by atoms with van der Waals surface area (Å²) in [4.78, 5) is 4.53. The van der Waals surface area contributed by atoms with E-state index in [1.165, 1.54) is 0 Å². The Labute approximate surface area is 173 Å². The lowest BCUT2D eigenvalue weighted by molar-refractivity contribution is 0.416. The molecule has 0 amide bonds. The van der Waals surface area contributed by atoms with Crippen LogP contribution in [-0.2, 0) is 13.0 Å². The molecule has 6 nitrogen and oxygen atoms in total. The van der Waals surface area contributed by atoms with E-state index in [-0.39, 0.29) is 0 Å². The van der Waals surface area contributed by atoms with E-state index in [0.29, 0.717) is 6.54 Å². The van der Waals surface area contributed by atoms with Gasteiger partial charge in [0.2, 0.25) is 0 Å². The van der Waals surface area contributed by atoms with Gasteiger partial charge >= 0.3 is 0 Å². The molecule has 0 saturated carbocycles. The molecule has 0 aliphatic carbocycles. The van der Waals surface area contributed by atoms with Crippen LogP contribution < -0.4 is 4.74 Å². The first-order chi connectivity index (χ1) is 14.3. The van der Waals surface area contributed by atoms with Gasteiger partial charge < -0.3 is 9.15 Å². The van der Waals surface area contributed by atoms with Crippen molar-refractivity contribution in [3.63, 3.8) is 0 Å². The van der Waals surface area contributed by atoms with Crippen LogP contribution >= 0.6 is 11.8 Å². The van der Waals surface area contributed by atoms with Gasteiger partial charge in [0.1, 0.15) is 11.3 Å². The topological polar surface area (TPSA) is 66.0 Å². The van der Waals surface area contributed by atoms with Crippen LogP contribution in [0.4, 0.5) is 0 Å². The second-order valence-corrected chi connectivity index (χ2v) is 7.50. The van der Waals surface area contributed by atoms with Crippen molar-refractivity contribution in [1.29, 1.82) is 0 Å². The normalized spacial score (nSPS) is 11.1. The SMILES string of the molecule is C=CCn1c(SCCCc2nc3ccccc3o2)nnc1-c1ccccc1OC. The van der Waals surface area contributed by atoms with E-state index in [1.54, 1.807) is 18.9 Å². The number of methoxy groups -OCH3 is 1. The number of hydrogen-bond donors (Lipinski definition) is 0. The van der Waals surface area contributed by atoms with Crippen LogP contribution in [0.15, 0.2) is 70.8 Å². The molecule has 2 aromatic heterocycles. The number of thioether (sulfide) groups is 1. The van der Waals surface area contributed by atoms with E-state index < -0.39 is 0 Å². The summed E-state index contributed by atoms with van der Waals surface area (Å²) in [7, 11) is 1.66. The largest absolute Gasteiger partial charge is 0.496 e. The summed E-state index contributed by atoms with van der Waals surface area (Å²) in [6.07, 6.45) is 3.57. The van der Waals surface area contributed by atoms with Crippen LogP contribution in [0.1, 0.15) is 12.3 Å². The number of nitrogens with zero attached hydrogens (tertiary/aromatic N) is 4. The minimum absolute atomic E-state index is 0.633. The summed E-state index contributed by atoms with van der Waals surface area (Å²) in [6, 6.07) is 15.7. The van der Waals surface area contributed by atoms with Gasteiger partial charge in [-0.25, -0.2) is 4.98 Å². The van der Waals surface area contributed by atoms with Crippen LogP contribution in [0.25, 0.3) is 22.5 Å². The average Bonchev–Trinajstić information content (AvgIpc) is 3.35. The highest BCUT2D eigenvalue weighted by atomic mass is 32.2. The summed E-state index contributed by atoms with van der Waals surface area (Å²) in [5.41, 5.74) is 2.66. The molecule has 4 rings (SSSR count). The number of rotatable bonds is 9. The lowest BCUT2D eigenvalue weighted by Crippen LogP contribution is -2.02. The molecular formula is C22H22N4O2S. The maximum atomic E-state index is 5.79. The molecular weight excluding hydrogens is 384 g/mol. The molecule has 0 aliphatic rings. The van der Waals surface area contributed by atoms with E-state index in [2.05, 4.69) is 26.3 Å². The van der Waals surface area contributed by atoms with E-state index >= 15 is 0 Å². The lowest BCUT2D eigenvalue weighted by atomic mass is 10.2. The van der Waals surface area contributed by atoms with Crippen molar-refractivity contribution >= 4 is 22.9 Å². The van der Waals surface area contributed by atoms with E-state index in [0.717, 1.165) is 57.9 Å². The molecule has 148 valence electrons. The zero-order valence-corrected chi connectivity index (χ0v) is 17.1. The summed E-state index contributed by atoms with van der Waals surface area (Å²) in [6.45, 7) is 4.51. The highest BCUT2D eigenvalue weighted by molar-refractivity contribution is 7.99. The maximum absolute atomic E-state index is 5.79. The van der Waals surface area contributed by atoms with Crippen molar-refractivity contribution in [2.24, 2.45) is 0 Å². The molecule has 0 aliphatic heterocycles. The summed E-state index contributed by atoms with van der Waals surface area (Å²) in [5, 5.41) is 9.68. The summed E-state index contributed by atoms with van der Waals surface area (Å²) < 4.78 is 13.3. The number of aromatic nitrogens is 4. The summed E-state index contributed by atoms with van der Waals surface area (Å²) >= 11 is 1.67. The zero-order valence-electron chi connectivity index (χ0n) is 16.2. The second-order valence-electron chi connectivity index (χ2n) is 6.43. The van der Waals surface area contributed by atoms with E-state index in [4.69, 9.17) is 9.15 Å². The zero-order chi connectivity index (χ0) is 20.1. The molecule has 0 saturated heterocycles. The number of hydrogen-bond acceptors (Lipinski definition) is 6. The van der Waals surface area contributed by atoms with Crippen molar-refractivity contribution < 1.29 is 9.15 Å². The van der Waals surface area contributed by atoms with Crippen molar-refractivity contribution in [1.82, 2.24) is 19.7 Å². The number of fused-ring (bicyclic) bond motifs is 1. The molecule has 0 radical (unpaired) electrons. The number of ether oxygens (including phenoxy) is 1. The van der Waals surface area contributed by atoms with Gasteiger partial charge in [-0.05, 0) is 30.7 Å². The highest BCUT2D eigenvalue weighted by Gasteiger charge is 2.16. The molecule has 7 heteroatoms. The first kappa shape index (κ1) is 19.3. The number of oxazole rings is 1. The standard InChI is InChI=1S/C22H22N4O2S/c1-3-14-26-21(16-9-4-6-11-18(16)27-2)24-25-22(26)29-15-8-13-20-23-17-10-5-7-12-19(17)28-20/h3-7,9-12H,1,8,13-15H2,2H3. The molecule has 0 N–H and O–H groups in total. The molecule has 0 spiro atoms. The first-order valence-corrected chi connectivity index (χ1v) is 10.4. The molecule has 29 heavy (non-hydrogen) atoms. The van der Waals surface area contributed by atoms with Crippen LogP contribution in [0.2, 0.25) is 0 Å². The van der Waals surface area contributed by atoms with E-state index in [1.807, 2.05) is 54.6 Å². The Kier molecular flexibility index (Phi) is 5.95. The van der Waals surface area contributed by atoms with Crippen molar-refractivity contribution in [3.05, 3.63) is 67.1 Å².